The van der Waals surface area contributed by atoms with Gasteiger partial charge in [0.15, 0.2) is 0 Å². The van der Waals surface area contributed by atoms with Crippen molar-refractivity contribution in [2.45, 2.75) is 51.6 Å². The molecular formula is C14H22N2. The molecule has 0 amide bonds. The van der Waals surface area contributed by atoms with Crippen LogP contribution in [0, 0.1) is 13.8 Å². The van der Waals surface area contributed by atoms with Gasteiger partial charge in [-0.25, -0.2) is 0 Å². The van der Waals surface area contributed by atoms with E-state index in [-0.39, 0.29) is 0 Å². The quantitative estimate of drug-likeness (QED) is 0.801. The topological polar surface area (TPSA) is 38.0 Å². The molecule has 1 aromatic rings. The molecule has 2 nitrogen and oxygen atoms in total. The van der Waals surface area contributed by atoms with Gasteiger partial charge in [-0.05, 0) is 49.9 Å². The molecule has 1 saturated carbocycles. The molecule has 88 valence electrons. The highest BCUT2D eigenvalue weighted by atomic mass is 15.0. The molecule has 1 aromatic carbocycles. The summed E-state index contributed by atoms with van der Waals surface area (Å²) in [5.74, 6) is 0. The SMILES string of the molecule is Cc1ccc(N[C@H]2CCCC[C@@H]2N)cc1C. The van der Waals surface area contributed by atoms with Gasteiger partial charge in [-0.15, -0.1) is 0 Å². The summed E-state index contributed by atoms with van der Waals surface area (Å²) in [5, 5.41) is 3.57. The van der Waals surface area contributed by atoms with Crippen molar-refractivity contribution < 1.29 is 0 Å². The molecule has 1 aliphatic rings. The van der Waals surface area contributed by atoms with E-state index in [4.69, 9.17) is 5.73 Å². The molecule has 1 aliphatic carbocycles. The van der Waals surface area contributed by atoms with Gasteiger partial charge >= 0.3 is 0 Å². The molecule has 3 N–H and O–H groups in total. The van der Waals surface area contributed by atoms with Crippen molar-refractivity contribution in [2.24, 2.45) is 5.73 Å². The standard InChI is InChI=1S/C14H22N2/c1-10-7-8-12(9-11(10)2)16-14-6-4-3-5-13(14)15/h7-9,13-14,16H,3-6,15H2,1-2H3/t13-,14-/m0/s1. The molecule has 0 bridgehead atoms. The Bertz CT molecular complexity index is 360. The van der Waals surface area contributed by atoms with Crippen LogP contribution in [0.1, 0.15) is 36.8 Å². The number of anilines is 1. The van der Waals surface area contributed by atoms with Crippen molar-refractivity contribution in [2.75, 3.05) is 5.32 Å². The van der Waals surface area contributed by atoms with Gasteiger partial charge in [-0.3, -0.25) is 0 Å². The van der Waals surface area contributed by atoms with Crippen LogP contribution in [0.2, 0.25) is 0 Å². The van der Waals surface area contributed by atoms with Gasteiger partial charge in [-0.2, -0.15) is 0 Å². The van der Waals surface area contributed by atoms with Gasteiger partial charge in [-0.1, -0.05) is 18.9 Å². The van der Waals surface area contributed by atoms with Crippen LogP contribution in [0.5, 0.6) is 0 Å². The fraction of sp³-hybridized carbons (Fsp3) is 0.571. The van der Waals surface area contributed by atoms with E-state index in [0.29, 0.717) is 12.1 Å². The van der Waals surface area contributed by atoms with Gasteiger partial charge in [0.1, 0.15) is 0 Å². The molecule has 1 fully saturated rings. The predicted octanol–water partition coefficient (Wildman–Crippen LogP) is 2.99. The third-order valence-electron chi connectivity index (χ3n) is 3.68. The summed E-state index contributed by atoms with van der Waals surface area (Å²) in [6.07, 6.45) is 4.94. The van der Waals surface area contributed by atoms with Crippen LogP contribution in [-0.2, 0) is 0 Å². The lowest BCUT2D eigenvalue weighted by atomic mass is 9.91. The molecule has 2 heteroatoms. The first-order chi connectivity index (χ1) is 7.66. The Hall–Kier alpha value is -1.02. The zero-order valence-corrected chi connectivity index (χ0v) is 10.3. The fourth-order valence-electron chi connectivity index (χ4n) is 2.38. The second kappa shape index (κ2) is 4.88. The van der Waals surface area contributed by atoms with Gasteiger partial charge in [0.2, 0.25) is 0 Å². The third-order valence-corrected chi connectivity index (χ3v) is 3.68. The highest BCUT2D eigenvalue weighted by Crippen LogP contribution is 2.22. The first kappa shape index (κ1) is 11.5. The summed E-state index contributed by atoms with van der Waals surface area (Å²) < 4.78 is 0. The van der Waals surface area contributed by atoms with E-state index in [0.717, 1.165) is 6.42 Å². The minimum atomic E-state index is 0.315. The maximum absolute atomic E-state index is 6.13. The monoisotopic (exact) mass is 218 g/mol. The van der Waals surface area contributed by atoms with Crippen molar-refractivity contribution >= 4 is 5.69 Å². The van der Waals surface area contributed by atoms with Crippen LogP contribution < -0.4 is 11.1 Å². The van der Waals surface area contributed by atoms with Crippen LogP contribution in [0.4, 0.5) is 5.69 Å². The molecule has 0 unspecified atom stereocenters. The Kier molecular flexibility index (Phi) is 3.49. The second-order valence-electron chi connectivity index (χ2n) is 5.00. The van der Waals surface area contributed by atoms with E-state index >= 15 is 0 Å². The summed E-state index contributed by atoms with van der Waals surface area (Å²) in [6, 6.07) is 7.32. The smallest absolute Gasteiger partial charge is 0.0412 e. The molecule has 0 radical (unpaired) electrons. The number of nitrogens with one attached hydrogen (secondary N) is 1. The van der Waals surface area contributed by atoms with Crippen LogP contribution in [-0.4, -0.2) is 12.1 Å². The lowest BCUT2D eigenvalue weighted by molar-refractivity contribution is 0.404. The normalized spacial score (nSPS) is 25.4. The number of hydrogen-bond donors (Lipinski definition) is 2. The molecule has 0 heterocycles. The lowest BCUT2D eigenvalue weighted by Gasteiger charge is -2.30. The Morgan fingerprint density at radius 1 is 1.12 bits per heavy atom. The number of hydrogen-bond acceptors (Lipinski definition) is 2. The average molecular weight is 218 g/mol. The Labute approximate surface area is 98.2 Å². The molecule has 2 atom stereocenters. The van der Waals surface area contributed by atoms with Crippen molar-refractivity contribution in [1.82, 2.24) is 0 Å². The maximum atomic E-state index is 6.13. The number of rotatable bonds is 2. The Morgan fingerprint density at radius 3 is 2.56 bits per heavy atom. The minimum absolute atomic E-state index is 0.315. The summed E-state index contributed by atoms with van der Waals surface area (Å²) in [6.45, 7) is 4.30. The number of benzene rings is 1. The largest absolute Gasteiger partial charge is 0.381 e. The van der Waals surface area contributed by atoms with Crippen molar-refractivity contribution in [1.29, 1.82) is 0 Å². The van der Waals surface area contributed by atoms with Crippen LogP contribution in [0.3, 0.4) is 0 Å². The summed E-state index contributed by atoms with van der Waals surface area (Å²) in [7, 11) is 0. The van der Waals surface area contributed by atoms with Crippen molar-refractivity contribution in [3.63, 3.8) is 0 Å². The summed E-state index contributed by atoms with van der Waals surface area (Å²) >= 11 is 0. The van der Waals surface area contributed by atoms with E-state index in [2.05, 4.69) is 37.4 Å². The molecule has 0 aliphatic heterocycles. The van der Waals surface area contributed by atoms with E-state index in [1.54, 1.807) is 0 Å². The highest BCUT2D eigenvalue weighted by Gasteiger charge is 2.21. The van der Waals surface area contributed by atoms with Crippen LogP contribution in [0.15, 0.2) is 18.2 Å². The van der Waals surface area contributed by atoms with E-state index in [1.807, 2.05) is 0 Å². The van der Waals surface area contributed by atoms with E-state index < -0.39 is 0 Å². The van der Waals surface area contributed by atoms with Gasteiger partial charge in [0, 0.05) is 17.8 Å². The first-order valence-corrected chi connectivity index (χ1v) is 6.26. The zero-order chi connectivity index (χ0) is 11.5. The van der Waals surface area contributed by atoms with Crippen LogP contribution >= 0.6 is 0 Å². The molecular weight excluding hydrogens is 196 g/mol. The number of aryl methyl sites for hydroxylation is 2. The van der Waals surface area contributed by atoms with Crippen molar-refractivity contribution in [3.8, 4) is 0 Å². The highest BCUT2D eigenvalue weighted by molar-refractivity contribution is 5.49. The minimum Gasteiger partial charge on any atom is -0.381 e. The average Bonchev–Trinajstić information content (AvgIpc) is 2.27. The van der Waals surface area contributed by atoms with Crippen molar-refractivity contribution in [3.05, 3.63) is 29.3 Å². The molecule has 2 rings (SSSR count). The summed E-state index contributed by atoms with van der Waals surface area (Å²) in [5.41, 5.74) is 10.0. The third kappa shape index (κ3) is 2.56. The molecule has 0 saturated heterocycles. The van der Waals surface area contributed by atoms with Gasteiger partial charge in [0.05, 0.1) is 0 Å². The lowest BCUT2D eigenvalue weighted by Crippen LogP contribution is -2.42. The maximum Gasteiger partial charge on any atom is 0.0412 e. The summed E-state index contributed by atoms with van der Waals surface area (Å²) in [4.78, 5) is 0. The first-order valence-electron chi connectivity index (χ1n) is 6.26. The fourth-order valence-corrected chi connectivity index (χ4v) is 2.38. The predicted molar refractivity (Wildman–Crippen MR) is 69.8 cm³/mol. The second-order valence-corrected chi connectivity index (χ2v) is 5.00. The number of nitrogens with two attached hydrogens (primary N) is 1. The molecule has 0 spiro atoms. The van der Waals surface area contributed by atoms with Crippen LogP contribution in [0.25, 0.3) is 0 Å². The molecule has 16 heavy (non-hydrogen) atoms. The Balaban J connectivity index is 2.05. The Morgan fingerprint density at radius 2 is 1.88 bits per heavy atom. The van der Waals surface area contributed by atoms with Gasteiger partial charge in [0.25, 0.3) is 0 Å². The van der Waals surface area contributed by atoms with E-state index in [1.165, 1.54) is 36.1 Å². The zero-order valence-electron chi connectivity index (χ0n) is 10.3. The van der Waals surface area contributed by atoms with E-state index in [9.17, 15) is 0 Å². The van der Waals surface area contributed by atoms with Gasteiger partial charge < -0.3 is 11.1 Å². The molecule has 0 aromatic heterocycles.